The fraction of sp³-hybridized carbons (Fsp3) is 0.222. The van der Waals surface area contributed by atoms with Crippen molar-refractivity contribution in [3.05, 3.63) is 63.7 Å². The molecule has 0 unspecified atom stereocenters. The second-order valence-corrected chi connectivity index (χ2v) is 5.84. The summed E-state index contributed by atoms with van der Waals surface area (Å²) in [6.07, 6.45) is 3.80. The molecule has 0 saturated carbocycles. The normalized spacial score (nSPS) is 11.3. The van der Waals surface area contributed by atoms with Crippen molar-refractivity contribution in [2.75, 3.05) is 13.2 Å². The van der Waals surface area contributed by atoms with Crippen LogP contribution in [0.5, 0.6) is 0 Å². The van der Waals surface area contributed by atoms with Gasteiger partial charge in [-0.1, -0.05) is 29.3 Å². The Morgan fingerprint density at radius 1 is 1.31 bits per heavy atom. The van der Waals surface area contributed by atoms with Gasteiger partial charge in [-0.25, -0.2) is 14.8 Å². The second kappa shape index (κ2) is 9.76. The summed E-state index contributed by atoms with van der Waals surface area (Å²) in [6.45, 7) is 2.27. The summed E-state index contributed by atoms with van der Waals surface area (Å²) in [6, 6.07) is 8.80. The number of carbonyl (C=O) groups is 1. The van der Waals surface area contributed by atoms with Gasteiger partial charge in [-0.2, -0.15) is 5.26 Å². The van der Waals surface area contributed by atoms with Crippen LogP contribution < -0.4 is 5.32 Å². The van der Waals surface area contributed by atoms with Crippen molar-refractivity contribution >= 4 is 34.9 Å². The van der Waals surface area contributed by atoms with Crippen LogP contribution in [0.2, 0.25) is 10.3 Å². The minimum absolute atomic E-state index is 0.156. The van der Waals surface area contributed by atoms with Gasteiger partial charge in [0.2, 0.25) is 0 Å². The van der Waals surface area contributed by atoms with Crippen LogP contribution in [0, 0.1) is 11.3 Å². The van der Waals surface area contributed by atoms with Gasteiger partial charge in [-0.05, 0) is 37.1 Å². The van der Waals surface area contributed by atoms with Gasteiger partial charge < -0.3 is 10.1 Å². The first-order valence-electron chi connectivity index (χ1n) is 7.83. The monoisotopic (exact) mass is 390 g/mol. The molecule has 0 saturated heterocycles. The molecular formula is C18H16Cl2N4O2. The molecule has 2 aromatic heterocycles. The highest BCUT2D eigenvalue weighted by Crippen LogP contribution is 2.23. The number of nitrogens with zero attached hydrogens (tertiary/aromatic N) is 3. The summed E-state index contributed by atoms with van der Waals surface area (Å²) < 4.78 is 4.97. The Hall–Kier alpha value is -2.62. The van der Waals surface area contributed by atoms with Gasteiger partial charge in [-0.3, -0.25) is 0 Å². The molecule has 6 nitrogen and oxygen atoms in total. The third-order valence-electron chi connectivity index (χ3n) is 3.37. The summed E-state index contributed by atoms with van der Waals surface area (Å²) in [4.78, 5) is 20.2. The summed E-state index contributed by atoms with van der Waals surface area (Å²) in [5.74, 6) is -0.717. The number of aromatic nitrogens is 2. The van der Waals surface area contributed by atoms with Gasteiger partial charge in [0.25, 0.3) is 0 Å². The van der Waals surface area contributed by atoms with Crippen molar-refractivity contribution in [1.29, 1.82) is 5.26 Å². The molecule has 0 fully saturated rings. The molecular weight excluding hydrogens is 375 g/mol. The standard InChI is InChI=1S/C18H16Cl2N4O2/c1-2-26-18(25)14(10-21)16(13-4-3-8-23-17(13)20)22-9-7-12-5-6-15(19)24-11-12/h3-6,8,11,22H,2,7,9H2,1H3/b16-14-. The average Bonchev–Trinajstić information content (AvgIpc) is 2.63. The highest BCUT2D eigenvalue weighted by molar-refractivity contribution is 6.31. The summed E-state index contributed by atoms with van der Waals surface area (Å²) in [5.41, 5.74) is 1.53. The van der Waals surface area contributed by atoms with E-state index in [0.29, 0.717) is 23.7 Å². The van der Waals surface area contributed by atoms with E-state index in [1.807, 2.05) is 12.1 Å². The first-order chi connectivity index (χ1) is 12.6. The smallest absolute Gasteiger partial charge is 0.351 e. The topological polar surface area (TPSA) is 87.9 Å². The molecule has 26 heavy (non-hydrogen) atoms. The third kappa shape index (κ3) is 5.19. The van der Waals surface area contributed by atoms with E-state index in [1.54, 1.807) is 31.3 Å². The van der Waals surface area contributed by atoms with Gasteiger partial charge in [0, 0.05) is 24.5 Å². The number of rotatable bonds is 7. The minimum atomic E-state index is -0.717. The van der Waals surface area contributed by atoms with Crippen LogP contribution in [0.25, 0.3) is 5.70 Å². The number of nitrogens with one attached hydrogen (secondary N) is 1. The highest BCUT2D eigenvalue weighted by Gasteiger charge is 2.20. The Balaban J connectivity index is 2.29. The number of pyridine rings is 2. The quantitative estimate of drug-likeness (QED) is 0.337. The fourth-order valence-electron chi connectivity index (χ4n) is 2.18. The molecule has 0 aromatic carbocycles. The largest absolute Gasteiger partial charge is 0.462 e. The molecule has 0 radical (unpaired) electrons. The van der Waals surface area contributed by atoms with E-state index < -0.39 is 5.97 Å². The molecule has 1 N–H and O–H groups in total. The molecule has 0 spiro atoms. The summed E-state index contributed by atoms with van der Waals surface area (Å²) in [5, 5.41) is 13.2. The zero-order valence-electron chi connectivity index (χ0n) is 14.0. The van der Waals surface area contributed by atoms with E-state index in [-0.39, 0.29) is 23.0 Å². The fourth-order valence-corrected chi connectivity index (χ4v) is 2.51. The lowest BCUT2D eigenvalue weighted by molar-refractivity contribution is -0.137. The van der Waals surface area contributed by atoms with Crippen LogP contribution in [-0.2, 0) is 16.0 Å². The molecule has 0 aliphatic rings. The van der Waals surface area contributed by atoms with Crippen LogP contribution in [0.3, 0.4) is 0 Å². The van der Waals surface area contributed by atoms with Crippen LogP contribution in [-0.4, -0.2) is 29.1 Å². The van der Waals surface area contributed by atoms with E-state index in [2.05, 4.69) is 15.3 Å². The van der Waals surface area contributed by atoms with Gasteiger partial charge >= 0.3 is 5.97 Å². The predicted molar refractivity (Wildman–Crippen MR) is 99.4 cm³/mol. The number of hydrogen-bond donors (Lipinski definition) is 1. The maximum Gasteiger partial charge on any atom is 0.351 e. The number of halogens is 2. The lowest BCUT2D eigenvalue weighted by atomic mass is 10.1. The Morgan fingerprint density at radius 2 is 2.12 bits per heavy atom. The van der Waals surface area contributed by atoms with E-state index in [4.69, 9.17) is 27.9 Å². The number of carbonyl (C=O) groups excluding carboxylic acids is 1. The second-order valence-electron chi connectivity index (χ2n) is 5.09. The molecule has 8 heteroatoms. The molecule has 0 bridgehead atoms. The molecule has 2 rings (SSSR count). The summed E-state index contributed by atoms with van der Waals surface area (Å²) in [7, 11) is 0. The minimum Gasteiger partial charge on any atom is -0.462 e. The predicted octanol–water partition coefficient (Wildman–Crippen LogP) is 3.41. The van der Waals surface area contributed by atoms with Crippen molar-refractivity contribution < 1.29 is 9.53 Å². The third-order valence-corrected chi connectivity index (χ3v) is 3.90. The SMILES string of the molecule is CCOC(=O)/C(C#N)=C(\NCCc1ccc(Cl)nc1)c1cccnc1Cl. The molecule has 0 aliphatic carbocycles. The van der Waals surface area contributed by atoms with Crippen molar-refractivity contribution in [1.82, 2.24) is 15.3 Å². The maximum atomic E-state index is 12.1. The van der Waals surface area contributed by atoms with Crippen LogP contribution in [0.15, 0.2) is 42.2 Å². The Labute approximate surface area is 161 Å². The maximum absolute atomic E-state index is 12.1. The average molecular weight is 391 g/mol. The molecule has 0 aliphatic heterocycles. The van der Waals surface area contributed by atoms with Crippen molar-refractivity contribution in [3.8, 4) is 6.07 Å². The van der Waals surface area contributed by atoms with Gasteiger partial charge in [0.05, 0.1) is 12.3 Å². The van der Waals surface area contributed by atoms with E-state index in [9.17, 15) is 10.1 Å². The lowest BCUT2D eigenvalue weighted by Gasteiger charge is -2.14. The van der Waals surface area contributed by atoms with Gasteiger partial charge in [0.1, 0.15) is 16.4 Å². The molecule has 134 valence electrons. The Bertz CT molecular complexity index is 845. The number of ether oxygens (including phenoxy) is 1. The van der Waals surface area contributed by atoms with E-state index in [0.717, 1.165) is 5.56 Å². The molecule has 0 atom stereocenters. The van der Waals surface area contributed by atoms with Crippen LogP contribution in [0.4, 0.5) is 0 Å². The highest BCUT2D eigenvalue weighted by atomic mass is 35.5. The Kier molecular flexibility index (Phi) is 7.39. The van der Waals surface area contributed by atoms with E-state index >= 15 is 0 Å². The molecule has 2 heterocycles. The number of hydrogen-bond acceptors (Lipinski definition) is 6. The van der Waals surface area contributed by atoms with E-state index in [1.165, 1.54) is 6.20 Å². The van der Waals surface area contributed by atoms with Crippen molar-refractivity contribution in [3.63, 3.8) is 0 Å². The van der Waals surface area contributed by atoms with Crippen LogP contribution in [0.1, 0.15) is 18.1 Å². The zero-order chi connectivity index (χ0) is 18.9. The van der Waals surface area contributed by atoms with Gasteiger partial charge in [-0.15, -0.1) is 0 Å². The van der Waals surface area contributed by atoms with Gasteiger partial charge in [0.15, 0.2) is 5.57 Å². The summed E-state index contributed by atoms with van der Waals surface area (Å²) >= 11 is 11.9. The Morgan fingerprint density at radius 3 is 2.73 bits per heavy atom. The number of esters is 1. The lowest BCUT2D eigenvalue weighted by Crippen LogP contribution is -2.21. The first kappa shape index (κ1) is 19.7. The van der Waals surface area contributed by atoms with Crippen molar-refractivity contribution in [2.45, 2.75) is 13.3 Å². The van der Waals surface area contributed by atoms with Crippen molar-refractivity contribution in [2.24, 2.45) is 0 Å². The molecule has 0 amide bonds. The van der Waals surface area contributed by atoms with Crippen LogP contribution >= 0.6 is 23.2 Å². The first-order valence-corrected chi connectivity index (χ1v) is 8.59. The number of nitriles is 1. The molecule has 2 aromatic rings. The zero-order valence-corrected chi connectivity index (χ0v) is 15.5.